The standard InChI is InChI=1S/C38H61N9/c39-21-18-16-20(17-19-21)22-14-7-15-29-30(22)38-46-36-28-13-6-5-12-27(28)34(44-36)42-32-24-9-2-1-8-23(24)31(40-32)41-33-25-10-3-4-11-26(25)35(43-33)45-37(29)47-38/h16-19,22-38,40-47H,1-15,39H2. The fourth-order valence-corrected chi connectivity index (χ4v) is 13.2. The molecule has 0 aromatic heterocycles. The Morgan fingerprint density at radius 3 is 1.06 bits per heavy atom. The van der Waals surface area contributed by atoms with Gasteiger partial charge in [0, 0.05) is 5.69 Å². The minimum absolute atomic E-state index is 0.279. The van der Waals surface area contributed by atoms with E-state index >= 15 is 0 Å². The second-order valence-electron chi connectivity index (χ2n) is 17.4. The van der Waals surface area contributed by atoms with Crippen molar-refractivity contribution in [1.29, 1.82) is 0 Å². The minimum Gasteiger partial charge on any atom is -0.399 e. The van der Waals surface area contributed by atoms with Crippen molar-refractivity contribution in [1.82, 2.24) is 42.5 Å². The molecule has 17 unspecified atom stereocenters. The van der Waals surface area contributed by atoms with Crippen molar-refractivity contribution in [2.24, 2.45) is 47.3 Å². The first-order valence-electron chi connectivity index (χ1n) is 20.1. The Morgan fingerprint density at radius 2 is 0.681 bits per heavy atom. The molecule has 4 saturated carbocycles. The van der Waals surface area contributed by atoms with E-state index in [2.05, 4.69) is 66.8 Å². The van der Waals surface area contributed by atoms with Gasteiger partial charge in [-0.1, -0.05) is 57.1 Å². The minimum atomic E-state index is 0.279. The van der Waals surface area contributed by atoms with Gasteiger partial charge in [-0.3, -0.25) is 42.5 Å². The third-order valence-corrected chi connectivity index (χ3v) is 15.3. The number of fused-ring (bicyclic) bond motifs is 20. The molecule has 258 valence electrons. The molecule has 0 radical (unpaired) electrons. The summed E-state index contributed by atoms with van der Waals surface area (Å²) in [7, 11) is 0. The normalized spacial score (nSPS) is 52.3. The summed E-state index contributed by atoms with van der Waals surface area (Å²) in [5.41, 5.74) is 8.53. The van der Waals surface area contributed by atoms with E-state index in [1.165, 1.54) is 102 Å². The van der Waals surface area contributed by atoms with Crippen LogP contribution < -0.4 is 48.3 Å². The molecule has 10 rings (SSSR count). The largest absolute Gasteiger partial charge is 0.399 e. The van der Waals surface area contributed by atoms with Gasteiger partial charge in [0.1, 0.15) is 0 Å². The maximum atomic E-state index is 6.19. The van der Waals surface area contributed by atoms with E-state index in [-0.39, 0.29) is 6.17 Å². The molecular weight excluding hydrogens is 582 g/mol. The Labute approximate surface area is 282 Å². The molecule has 5 saturated heterocycles. The summed E-state index contributed by atoms with van der Waals surface area (Å²) in [6, 6.07) is 8.89. The maximum absolute atomic E-state index is 6.19. The number of benzene rings is 1. The third kappa shape index (κ3) is 5.33. The predicted octanol–water partition coefficient (Wildman–Crippen LogP) is 3.58. The van der Waals surface area contributed by atoms with E-state index in [1.54, 1.807) is 0 Å². The van der Waals surface area contributed by atoms with Gasteiger partial charge in [-0.2, -0.15) is 0 Å². The van der Waals surface area contributed by atoms with Crippen LogP contribution in [0.15, 0.2) is 24.3 Å². The second kappa shape index (κ2) is 12.5. The molecule has 5 heterocycles. The third-order valence-electron chi connectivity index (χ3n) is 15.3. The number of nitrogens with two attached hydrogens (primary N) is 1. The van der Waals surface area contributed by atoms with Crippen molar-refractivity contribution in [3.05, 3.63) is 29.8 Å². The zero-order valence-electron chi connectivity index (χ0n) is 28.3. The summed E-state index contributed by atoms with van der Waals surface area (Å²) < 4.78 is 0. The lowest BCUT2D eigenvalue weighted by Crippen LogP contribution is -2.61. The molecule has 0 spiro atoms. The lowest BCUT2D eigenvalue weighted by Gasteiger charge is -2.40. The Morgan fingerprint density at radius 1 is 0.362 bits per heavy atom. The first kappa shape index (κ1) is 30.5. The molecule has 47 heavy (non-hydrogen) atoms. The molecule has 0 amide bonds. The summed E-state index contributed by atoms with van der Waals surface area (Å²) in [6.45, 7) is 0. The van der Waals surface area contributed by atoms with Crippen LogP contribution in [0.2, 0.25) is 0 Å². The number of nitrogens with one attached hydrogen (secondary N) is 8. The Balaban J connectivity index is 1.01. The molecule has 1 aromatic rings. The number of rotatable bonds is 1. The van der Waals surface area contributed by atoms with E-state index in [0.29, 0.717) is 90.5 Å². The van der Waals surface area contributed by atoms with Crippen LogP contribution in [-0.2, 0) is 0 Å². The van der Waals surface area contributed by atoms with E-state index in [0.717, 1.165) is 11.6 Å². The summed E-state index contributed by atoms with van der Waals surface area (Å²) in [5, 5.41) is 34.2. The molecule has 9 fully saturated rings. The zero-order chi connectivity index (χ0) is 31.1. The number of anilines is 1. The fraction of sp³-hybridized carbons (Fsp3) is 0.842. The summed E-state index contributed by atoms with van der Waals surface area (Å²) in [5.74, 6) is 5.90. The van der Waals surface area contributed by atoms with Gasteiger partial charge in [0.15, 0.2) is 0 Å². The van der Waals surface area contributed by atoms with Crippen molar-refractivity contribution < 1.29 is 0 Å². The van der Waals surface area contributed by atoms with Crippen LogP contribution in [0.4, 0.5) is 5.69 Å². The predicted molar refractivity (Wildman–Crippen MR) is 186 cm³/mol. The molecule has 10 N–H and O–H groups in total. The Bertz CT molecular complexity index is 1260. The zero-order valence-corrected chi connectivity index (χ0v) is 28.3. The second-order valence-corrected chi connectivity index (χ2v) is 17.4. The van der Waals surface area contributed by atoms with Crippen molar-refractivity contribution in [2.45, 2.75) is 152 Å². The topological polar surface area (TPSA) is 122 Å². The summed E-state index contributed by atoms with van der Waals surface area (Å²) in [6.07, 6.45) is 23.0. The molecule has 4 aliphatic carbocycles. The smallest absolute Gasteiger partial charge is 0.0634 e. The quantitative estimate of drug-likeness (QED) is 0.212. The Kier molecular flexibility index (Phi) is 8.10. The van der Waals surface area contributed by atoms with E-state index < -0.39 is 0 Å². The van der Waals surface area contributed by atoms with Gasteiger partial charge in [-0.05, 0) is 122 Å². The molecule has 8 bridgehead atoms. The number of nitrogen functional groups attached to an aromatic ring is 1. The molecule has 1 aromatic carbocycles. The molecule has 9 nitrogen and oxygen atoms in total. The molecule has 9 aliphatic rings. The van der Waals surface area contributed by atoms with Crippen LogP contribution in [-0.4, -0.2) is 49.3 Å². The SMILES string of the molecule is Nc1ccc(C2CCCC3C4NC5NC(NC6NC(NC7NC(NC(N4)C23)C2CCCCC72)C2CCCCC62)C2CCCCC52)cc1. The van der Waals surface area contributed by atoms with Gasteiger partial charge >= 0.3 is 0 Å². The monoisotopic (exact) mass is 644 g/mol. The highest BCUT2D eigenvalue weighted by Gasteiger charge is 2.55. The first-order valence-corrected chi connectivity index (χ1v) is 20.1. The van der Waals surface area contributed by atoms with Gasteiger partial charge in [0.05, 0.1) is 49.3 Å². The van der Waals surface area contributed by atoms with Crippen LogP contribution in [0.1, 0.15) is 108 Å². The highest BCUT2D eigenvalue weighted by molar-refractivity contribution is 5.40. The average Bonchev–Trinajstić information content (AvgIpc) is 3.84. The van der Waals surface area contributed by atoms with Crippen LogP contribution in [0.3, 0.4) is 0 Å². The molecule has 9 heteroatoms. The van der Waals surface area contributed by atoms with Gasteiger partial charge in [-0.15, -0.1) is 0 Å². The van der Waals surface area contributed by atoms with Gasteiger partial charge in [-0.25, -0.2) is 0 Å². The van der Waals surface area contributed by atoms with Crippen LogP contribution in [0.5, 0.6) is 0 Å². The van der Waals surface area contributed by atoms with Crippen molar-refractivity contribution in [2.75, 3.05) is 5.73 Å². The number of hydrogen-bond acceptors (Lipinski definition) is 9. The Hall–Kier alpha value is -1.30. The average molecular weight is 644 g/mol. The van der Waals surface area contributed by atoms with E-state index in [9.17, 15) is 0 Å². The number of hydrogen-bond donors (Lipinski definition) is 9. The van der Waals surface area contributed by atoms with Gasteiger partial charge in [0.25, 0.3) is 0 Å². The fourth-order valence-electron chi connectivity index (χ4n) is 13.2. The lowest BCUT2D eigenvalue weighted by atomic mass is 9.69. The maximum Gasteiger partial charge on any atom is 0.0634 e. The van der Waals surface area contributed by atoms with E-state index in [4.69, 9.17) is 5.73 Å². The molecular formula is C38H61N9. The summed E-state index contributed by atoms with van der Waals surface area (Å²) in [4.78, 5) is 0. The first-order chi connectivity index (χ1) is 23.2. The van der Waals surface area contributed by atoms with Crippen molar-refractivity contribution in [3.63, 3.8) is 0 Å². The van der Waals surface area contributed by atoms with Gasteiger partial charge in [0.2, 0.25) is 0 Å². The highest BCUT2D eigenvalue weighted by Crippen LogP contribution is 2.49. The van der Waals surface area contributed by atoms with Crippen LogP contribution >= 0.6 is 0 Å². The van der Waals surface area contributed by atoms with Crippen molar-refractivity contribution in [3.8, 4) is 0 Å². The molecule has 17 atom stereocenters. The highest BCUT2D eigenvalue weighted by atomic mass is 15.4. The summed E-state index contributed by atoms with van der Waals surface area (Å²) >= 11 is 0. The van der Waals surface area contributed by atoms with E-state index in [1.807, 2.05) is 0 Å². The lowest BCUT2D eigenvalue weighted by molar-refractivity contribution is 0.155. The van der Waals surface area contributed by atoms with Crippen LogP contribution in [0.25, 0.3) is 0 Å². The van der Waals surface area contributed by atoms with Crippen molar-refractivity contribution >= 4 is 5.69 Å². The van der Waals surface area contributed by atoms with Gasteiger partial charge < -0.3 is 5.73 Å². The van der Waals surface area contributed by atoms with Crippen LogP contribution in [0, 0.1) is 47.3 Å². The molecule has 5 aliphatic heterocycles.